The Bertz CT molecular complexity index is 1300. The molecule has 2 aromatic carbocycles. The summed E-state index contributed by atoms with van der Waals surface area (Å²) in [6.45, 7) is 4.58. The molecule has 2 amide bonds. The van der Waals surface area contributed by atoms with Crippen LogP contribution in [-0.2, 0) is 28.6 Å². The molecule has 4 rings (SSSR count). The Morgan fingerprint density at radius 1 is 1.05 bits per heavy atom. The van der Waals surface area contributed by atoms with Crippen LogP contribution >= 0.6 is 23.2 Å². The summed E-state index contributed by atoms with van der Waals surface area (Å²) in [5, 5.41) is 0.919. The summed E-state index contributed by atoms with van der Waals surface area (Å²) in [5.41, 5.74) is 7.19. The predicted octanol–water partition coefficient (Wildman–Crippen LogP) is 4.96. The molecule has 43 heavy (non-hydrogen) atoms. The molecular formula is C31H40Cl2F3N5O2. The van der Waals surface area contributed by atoms with E-state index >= 15 is 0 Å². The molecule has 2 fully saturated rings. The molecule has 0 spiro atoms. The van der Waals surface area contributed by atoms with Gasteiger partial charge in [0.2, 0.25) is 11.8 Å². The number of benzene rings is 2. The van der Waals surface area contributed by atoms with Gasteiger partial charge in [-0.1, -0.05) is 36.2 Å². The summed E-state index contributed by atoms with van der Waals surface area (Å²) in [4.78, 5) is 34.8. The second-order valence-electron chi connectivity index (χ2n) is 11.8. The topological polar surface area (TPSA) is 73.1 Å². The lowest BCUT2D eigenvalue weighted by Crippen LogP contribution is -2.56. The quantitative estimate of drug-likeness (QED) is 0.397. The summed E-state index contributed by atoms with van der Waals surface area (Å²) in [6.07, 6.45) is -2.40. The maximum Gasteiger partial charge on any atom is 0.416 e. The van der Waals surface area contributed by atoms with E-state index in [2.05, 4.69) is 0 Å². The van der Waals surface area contributed by atoms with Crippen molar-refractivity contribution in [1.29, 1.82) is 0 Å². The highest BCUT2D eigenvalue weighted by molar-refractivity contribution is 6.35. The van der Waals surface area contributed by atoms with Gasteiger partial charge in [0, 0.05) is 54.9 Å². The van der Waals surface area contributed by atoms with Gasteiger partial charge in [-0.05, 0) is 87.3 Å². The second-order valence-corrected chi connectivity index (χ2v) is 12.6. The van der Waals surface area contributed by atoms with E-state index in [9.17, 15) is 22.8 Å². The first-order chi connectivity index (χ1) is 20.3. The van der Waals surface area contributed by atoms with Crippen LogP contribution in [-0.4, -0.2) is 92.0 Å². The Hall–Kier alpha value is -2.53. The fourth-order valence-corrected chi connectivity index (χ4v) is 6.36. The molecule has 2 heterocycles. The van der Waals surface area contributed by atoms with Crippen LogP contribution in [0.2, 0.25) is 10.0 Å². The van der Waals surface area contributed by atoms with Crippen LogP contribution in [0.3, 0.4) is 0 Å². The number of amides is 2. The minimum absolute atomic E-state index is 0.0897. The first-order valence-corrected chi connectivity index (χ1v) is 15.4. The van der Waals surface area contributed by atoms with Crippen molar-refractivity contribution in [1.82, 2.24) is 14.7 Å². The Balaban J connectivity index is 1.53. The number of hydrogen-bond donors (Lipinski definition) is 1. The van der Waals surface area contributed by atoms with E-state index in [1.165, 1.54) is 6.07 Å². The van der Waals surface area contributed by atoms with Crippen molar-refractivity contribution in [2.24, 2.45) is 11.7 Å². The SMILES string of the molecule is CC(CN)CCc1cc(C(F)(F)F)ccc1N1CCN(C(=O)C(Cc2ccc(Cl)cc2Cl)N2CCC(N(C)C)C2=O)CC1. The highest BCUT2D eigenvalue weighted by Crippen LogP contribution is 2.34. The fraction of sp³-hybridized carbons (Fsp3) is 0.548. The number of alkyl halides is 3. The first-order valence-electron chi connectivity index (χ1n) is 14.6. The minimum atomic E-state index is -4.43. The summed E-state index contributed by atoms with van der Waals surface area (Å²) in [6, 6.07) is 7.99. The molecule has 2 saturated heterocycles. The molecule has 3 atom stereocenters. The van der Waals surface area contributed by atoms with Crippen molar-refractivity contribution in [2.45, 2.75) is 50.9 Å². The molecule has 0 radical (unpaired) electrons. The number of likely N-dealkylation sites (N-methyl/N-ethyl adjacent to an activating group) is 1. The molecule has 12 heteroatoms. The van der Waals surface area contributed by atoms with Crippen LogP contribution in [0.15, 0.2) is 36.4 Å². The number of rotatable bonds is 10. The third-order valence-electron chi connectivity index (χ3n) is 8.57. The molecule has 0 aromatic heterocycles. The summed E-state index contributed by atoms with van der Waals surface area (Å²) < 4.78 is 40.6. The normalized spacial score (nSPS) is 19.3. The van der Waals surface area contributed by atoms with E-state index in [0.717, 1.165) is 17.3 Å². The third kappa shape index (κ3) is 7.95. The van der Waals surface area contributed by atoms with E-state index in [-0.39, 0.29) is 30.2 Å². The molecule has 2 aliphatic heterocycles. The molecule has 7 nitrogen and oxygen atoms in total. The van der Waals surface area contributed by atoms with Crippen molar-refractivity contribution in [3.05, 3.63) is 63.1 Å². The van der Waals surface area contributed by atoms with Gasteiger partial charge in [0.05, 0.1) is 11.6 Å². The van der Waals surface area contributed by atoms with Crippen LogP contribution < -0.4 is 10.6 Å². The number of nitrogens with two attached hydrogens (primary N) is 1. The van der Waals surface area contributed by atoms with Gasteiger partial charge in [-0.3, -0.25) is 14.5 Å². The van der Waals surface area contributed by atoms with Crippen molar-refractivity contribution in [3.63, 3.8) is 0 Å². The first kappa shape index (κ1) is 33.4. The number of aryl methyl sites for hydroxylation is 1. The van der Waals surface area contributed by atoms with E-state index in [0.29, 0.717) is 74.1 Å². The number of likely N-dealkylation sites (tertiary alicyclic amines) is 1. The van der Waals surface area contributed by atoms with Crippen LogP contribution in [0.25, 0.3) is 0 Å². The van der Waals surface area contributed by atoms with E-state index in [1.807, 2.05) is 30.8 Å². The standard InChI is InChI=1S/C31H40Cl2F3N5O2/c1-20(19-37)4-5-22-16-23(31(34,35)36)7-9-26(22)39-12-14-40(15-13-39)29(42)28(17-21-6-8-24(32)18-25(21)33)41-11-10-27(30(41)43)38(2)3/h6-9,16,18,20,27-28H,4-5,10-15,17,19,37H2,1-3H3. The molecule has 236 valence electrons. The van der Waals surface area contributed by atoms with Crippen molar-refractivity contribution in [2.75, 3.05) is 58.3 Å². The zero-order valence-corrected chi connectivity index (χ0v) is 26.4. The predicted molar refractivity (Wildman–Crippen MR) is 165 cm³/mol. The number of carbonyl (C=O) groups excluding carboxylic acids is 2. The number of hydrogen-bond acceptors (Lipinski definition) is 5. The maximum absolute atomic E-state index is 14.1. The largest absolute Gasteiger partial charge is 0.416 e. The average Bonchev–Trinajstić information content (AvgIpc) is 3.35. The summed E-state index contributed by atoms with van der Waals surface area (Å²) >= 11 is 12.6. The fourth-order valence-electron chi connectivity index (χ4n) is 5.87. The Morgan fingerprint density at radius 2 is 1.74 bits per heavy atom. The van der Waals surface area contributed by atoms with Gasteiger partial charge in [-0.25, -0.2) is 0 Å². The molecular weight excluding hydrogens is 602 g/mol. The van der Waals surface area contributed by atoms with Crippen molar-refractivity contribution < 1.29 is 22.8 Å². The minimum Gasteiger partial charge on any atom is -0.368 e. The molecule has 2 aromatic rings. The smallest absolute Gasteiger partial charge is 0.368 e. The van der Waals surface area contributed by atoms with Gasteiger partial charge < -0.3 is 20.4 Å². The summed E-state index contributed by atoms with van der Waals surface area (Å²) in [7, 11) is 3.70. The zero-order valence-electron chi connectivity index (χ0n) is 24.8. The average molecular weight is 643 g/mol. The lowest BCUT2D eigenvalue weighted by molar-refractivity contribution is -0.145. The van der Waals surface area contributed by atoms with Crippen LogP contribution in [0.5, 0.6) is 0 Å². The Morgan fingerprint density at radius 3 is 2.33 bits per heavy atom. The van der Waals surface area contributed by atoms with Crippen LogP contribution in [0.4, 0.5) is 18.9 Å². The molecule has 3 unspecified atom stereocenters. The van der Waals surface area contributed by atoms with Gasteiger partial charge in [0.1, 0.15) is 6.04 Å². The number of halogens is 5. The molecule has 0 aliphatic carbocycles. The van der Waals surface area contributed by atoms with Gasteiger partial charge in [-0.2, -0.15) is 13.2 Å². The number of nitrogens with zero attached hydrogens (tertiary/aromatic N) is 4. The summed E-state index contributed by atoms with van der Waals surface area (Å²) in [5.74, 6) is -0.0701. The van der Waals surface area contributed by atoms with Crippen LogP contribution in [0, 0.1) is 5.92 Å². The van der Waals surface area contributed by atoms with Crippen molar-refractivity contribution in [3.8, 4) is 0 Å². The van der Waals surface area contributed by atoms with Gasteiger partial charge in [0.15, 0.2) is 0 Å². The second kappa shape index (κ2) is 14.1. The van der Waals surface area contributed by atoms with E-state index < -0.39 is 17.8 Å². The van der Waals surface area contributed by atoms with Gasteiger partial charge in [0.25, 0.3) is 0 Å². The monoisotopic (exact) mass is 641 g/mol. The van der Waals surface area contributed by atoms with Crippen LogP contribution in [0.1, 0.15) is 36.5 Å². The van der Waals surface area contributed by atoms with Gasteiger partial charge >= 0.3 is 6.18 Å². The maximum atomic E-state index is 14.1. The molecule has 2 aliphatic rings. The van der Waals surface area contributed by atoms with Crippen molar-refractivity contribution >= 4 is 40.7 Å². The number of carbonyl (C=O) groups is 2. The van der Waals surface area contributed by atoms with E-state index in [1.54, 1.807) is 34.1 Å². The number of anilines is 1. The third-order valence-corrected chi connectivity index (χ3v) is 9.16. The van der Waals surface area contributed by atoms with Gasteiger partial charge in [-0.15, -0.1) is 0 Å². The zero-order chi connectivity index (χ0) is 31.5. The molecule has 0 saturated carbocycles. The lowest BCUT2D eigenvalue weighted by Gasteiger charge is -2.40. The highest BCUT2D eigenvalue weighted by atomic mass is 35.5. The lowest BCUT2D eigenvalue weighted by atomic mass is 9.97. The number of piperazine rings is 1. The highest BCUT2D eigenvalue weighted by Gasteiger charge is 2.42. The van der Waals surface area contributed by atoms with E-state index in [4.69, 9.17) is 28.9 Å². The molecule has 0 bridgehead atoms. The Labute approximate surface area is 261 Å². The Kier molecular flexibility index (Phi) is 10.9. The molecule has 2 N–H and O–H groups in total.